The maximum atomic E-state index is 5.93. The number of hydrogen-bond acceptors (Lipinski definition) is 5. The van der Waals surface area contributed by atoms with Gasteiger partial charge in [0, 0.05) is 37.3 Å². The van der Waals surface area contributed by atoms with E-state index in [4.69, 9.17) is 10.7 Å². The topological polar surface area (TPSA) is 49.8 Å². The van der Waals surface area contributed by atoms with Gasteiger partial charge >= 0.3 is 0 Å². The molecule has 0 saturated carbocycles. The quantitative estimate of drug-likeness (QED) is 0.922. The van der Waals surface area contributed by atoms with Crippen LogP contribution in [0.4, 0.5) is 5.82 Å². The van der Waals surface area contributed by atoms with E-state index in [0.717, 1.165) is 29.6 Å². The number of anilines is 1. The van der Waals surface area contributed by atoms with E-state index in [9.17, 15) is 0 Å². The fraction of sp³-hybridized carbons (Fsp3) is 0.615. The fourth-order valence-corrected chi connectivity index (χ4v) is 3.56. The Morgan fingerprint density at radius 1 is 1.53 bits per heavy atom. The molecule has 0 amide bonds. The molecule has 19 heavy (non-hydrogen) atoms. The van der Waals surface area contributed by atoms with E-state index in [2.05, 4.69) is 39.9 Å². The minimum atomic E-state index is 0.538. The summed E-state index contributed by atoms with van der Waals surface area (Å²) in [6.07, 6.45) is 4.55. The predicted molar refractivity (Wildman–Crippen MR) is 79.9 cm³/mol. The van der Waals surface area contributed by atoms with Gasteiger partial charge in [0.2, 0.25) is 0 Å². The molecule has 1 unspecified atom stereocenters. The van der Waals surface area contributed by atoms with Crippen LogP contribution < -0.4 is 10.6 Å². The zero-order chi connectivity index (χ0) is 13.4. The number of piperidine rings is 1. The molecule has 1 saturated heterocycles. The molecule has 5 nitrogen and oxygen atoms in total. The van der Waals surface area contributed by atoms with Gasteiger partial charge in [-0.05, 0) is 26.9 Å². The van der Waals surface area contributed by atoms with Crippen molar-refractivity contribution in [2.24, 2.45) is 5.73 Å². The number of hydrogen-bond donors (Lipinski definition) is 1. The summed E-state index contributed by atoms with van der Waals surface area (Å²) < 4.78 is 2.12. The summed E-state index contributed by atoms with van der Waals surface area (Å²) >= 11 is 1.67. The lowest BCUT2D eigenvalue weighted by atomic mass is 10.0. The Morgan fingerprint density at radius 2 is 2.37 bits per heavy atom. The molecule has 1 fully saturated rings. The average Bonchev–Trinajstić information content (AvgIpc) is 2.98. The van der Waals surface area contributed by atoms with Crippen LogP contribution in [0.5, 0.6) is 0 Å². The number of aromatic nitrogens is 2. The largest absolute Gasteiger partial charge is 0.353 e. The van der Waals surface area contributed by atoms with Crippen LogP contribution in [0.15, 0.2) is 11.6 Å². The van der Waals surface area contributed by atoms with E-state index in [1.807, 2.05) is 0 Å². The van der Waals surface area contributed by atoms with Crippen molar-refractivity contribution in [1.29, 1.82) is 0 Å². The number of nitrogens with zero attached hydrogens (tertiary/aromatic N) is 4. The van der Waals surface area contributed by atoms with Gasteiger partial charge in [0.1, 0.15) is 0 Å². The Balaban J connectivity index is 1.92. The van der Waals surface area contributed by atoms with Gasteiger partial charge in [0.05, 0.1) is 5.69 Å². The molecule has 0 aromatic carbocycles. The smallest absolute Gasteiger partial charge is 0.195 e. The summed E-state index contributed by atoms with van der Waals surface area (Å²) in [5, 5.41) is 2.06. The number of likely N-dealkylation sites (N-methyl/N-ethyl adjacent to an activating group) is 1. The lowest BCUT2D eigenvalue weighted by Crippen LogP contribution is -2.45. The lowest BCUT2D eigenvalue weighted by molar-refractivity contribution is 0.257. The average molecular weight is 279 g/mol. The van der Waals surface area contributed by atoms with Crippen molar-refractivity contribution in [2.45, 2.75) is 25.4 Å². The van der Waals surface area contributed by atoms with Crippen LogP contribution in [0, 0.1) is 0 Å². The third kappa shape index (κ3) is 2.24. The first kappa shape index (κ1) is 12.9. The van der Waals surface area contributed by atoms with Crippen LogP contribution in [0.25, 0.3) is 4.96 Å². The molecule has 1 aliphatic rings. The van der Waals surface area contributed by atoms with Crippen molar-refractivity contribution in [1.82, 2.24) is 14.3 Å². The maximum absolute atomic E-state index is 5.93. The Morgan fingerprint density at radius 3 is 3.11 bits per heavy atom. The van der Waals surface area contributed by atoms with Crippen LogP contribution in [-0.2, 0) is 6.54 Å². The zero-order valence-electron chi connectivity index (χ0n) is 11.5. The molecule has 104 valence electrons. The molecule has 3 heterocycles. The van der Waals surface area contributed by atoms with E-state index >= 15 is 0 Å². The van der Waals surface area contributed by atoms with Crippen molar-refractivity contribution in [3.8, 4) is 0 Å². The maximum Gasteiger partial charge on any atom is 0.195 e. The van der Waals surface area contributed by atoms with E-state index in [1.54, 1.807) is 11.3 Å². The van der Waals surface area contributed by atoms with E-state index < -0.39 is 0 Å². The summed E-state index contributed by atoms with van der Waals surface area (Å²) in [5.74, 6) is 1.08. The first-order chi connectivity index (χ1) is 9.20. The molecule has 0 radical (unpaired) electrons. The van der Waals surface area contributed by atoms with Gasteiger partial charge < -0.3 is 15.5 Å². The highest BCUT2D eigenvalue weighted by Crippen LogP contribution is 2.27. The van der Waals surface area contributed by atoms with Gasteiger partial charge in [0.25, 0.3) is 0 Å². The highest BCUT2D eigenvalue weighted by molar-refractivity contribution is 7.15. The summed E-state index contributed by atoms with van der Waals surface area (Å²) in [7, 11) is 4.31. The van der Waals surface area contributed by atoms with Crippen LogP contribution in [-0.4, -0.2) is 47.5 Å². The first-order valence-corrected chi connectivity index (χ1v) is 7.64. The Labute approximate surface area is 117 Å². The molecule has 0 aliphatic carbocycles. The SMILES string of the molecule is CN(C)C1CCCN(c2nc3sccn3c2CN)C1. The normalized spacial score (nSPS) is 20.6. The van der Waals surface area contributed by atoms with Gasteiger partial charge in [-0.2, -0.15) is 0 Å². The van der Waals surface area contributed by atoms with Gasteiger partial charge in [0.15, 0.2) is 10.8 Å². The highest BCUT2D eigenvalue weighted by atomic mass is 32.1. The van der Waals surface area contributed by atoms with Gasteiger partial charge in [-0.25, -0.2) is 4.98 Å². The number of rotatable bonds is 3. The minimum Gasteiger partial charge on any atom is -0.353 e. The molecular weight excluding hydrogens is 258 g/mol. The Kier molecular flexibility index (Phi) is 3.47. The second kappa shape index (κ2) is 5.11. The highest BCUT2D eigenvalue weighted by Gasteiger charge is 2.25. The Bertz CT molecular complexity index is 558. The number of thiazole rings is 1. The molecule has 2 aromatic heterocycles. The second-order valence-electron chi connectivity index (χ2n) is 5.35. The van der Waals surface area contributed by atoms with Crippen molar-refractivity contribution in [2.75, 3.05) is 32.1 Å². The van der Waals surface area contributed by atoms with E-state index in [1.165, 1.54) is 12.8 Å². The summed E-state index contributed by atoms with van der Waals surface area (Å²) in [5.41, 5.74) is 7.06. The third-order valence-electron chi connectivity index (χ3n) is 3.96. The molecule has 0 spiro atoms. The first-order valence-electron chi connectivity index (χ1n) is 6.76. The van der Waals surface area contributed by atoms with E-state index in [0.29, 0.717) is 12.6 Å². The van der Waals surface area contributed by atoms with Crippen molar-refractivity contribution in [3.63, 3.8) is 0 Å². The molecule has 1 atom stereocenters. The van der Waals surface area contributed by atoms with Crippen LogP contribution in [0.1, 0.15) is 18.5 Å². The van der Waals surface area contributed by atoms with Crippen LogP contribution in [0.3, 0.4) is 0 Å². The van der Waals surface area contributed by atoms with Gasteiger partial charge in [-0.1, -0.05) is 0 Å². The lowest BCUT2D eigenvalue weighted by Gasteiger charge is -2.36. The minimum absolute atomic E-state index is 0.538. The van der Waals surface area contributed by atoms with E-state index in [-0.39, 0.29) is 0 Å². The number of fused-ring (bicyclic) bond motifs is 1. The van der Waals surface area contributed by atoms with Crippen molar-refractivity contribution >= 4 is 22.1 Å². The molecule has 1 aliphatic heterocycles. The third-order valence-corrected chi connectivity index (χ3v) is 4.72. The molecule has 2 N–H and O–H groups in total. The summed E-state index contributed by atoms with van der Waals surface area (Å²) in [6, 6.07) is 0.610. The monoisotopic (exact) mass is 279 g/mol. The van der Waals surface area contributed by atoms with Gasteiger partial charge in [-0.3, -0.25) is 4.40 Å². The fourth-order valence-electron chi connectivity index (χ4n) is 2.83. The molecule has 3 rings (SSSR count). The van der Waals surface area contributed by atoms with Crippen molar-refractivity contribution < 1.29 is 0 Å². The Hall–Kier alpha value is -1.11. The van der Waals surface area contributed by atoms with Crippen LogP contribution in [0.2, 0.25) is 0 Å². The number of imidazole rings is 1. The summed E-state index contributed by atoms with van der Waals surface area (Å²) in [6.45, 7) is 2.67. The number of nitrogens with two attached hydrogens (primary N) is 1. The van der Waals surface area contributed by atoms with Gasteiger partial charge in [-0.15, -0.1) is 11.3 Å². The molecule has 2 aromatic rings. The predicted octanol–water partition coefficient (Wildman–Crippen LogP) is 1.38. The van der Waals surface area contributed by atoms with Crippen LogP contribution >= 0.6 is 11.3 Å². The standard InChI is InChI=1S/C13H21N5S/c1-16(2)10-4-3-5-17(9-10)12-11(8-14)18-6-7-19-13(18)15-12/h6-7,10H,3-5,8-9,14H2,1-2H3. The second-order valence-corrected chi connectivity index (χ2v) is 6.22. The molecule has 6 heteroatoms. The zero-order valence-corrected chi connectivity index (χ0v) is 12.4. The van der Waals surface area contributed by atoms with Crippen molar-refractivity contribution in [3.05, 3.63) is 17.3 Å². The summed E-state index contributed by atoms with van der Waals surface area (Å²) in [4.78, 5) is 10.5. The molecule has 0 bridgehead atoms. The molecular formula is C13H21N5S.